The van der Waals surface area contributed by atoms with Gasteiger partial charge in [-0.05, 0) is 29.3 Å². The molecule has 0 spiro atoms. The first kappa shape index (κ1) is 13.4. The van der Waals surface area contributed by atoms with Crippen molar-refractivity contribution in [2.75, 3.05) is 13.6 Å². The summed E-state index contributed by atoms with van der Waals surface area (Å²) in [5.74, 6) is -0.0799. The fraction of sp³-hybridized carbons (Fsp3) is 0.312. The molecule has 0 saturated carbocycles. The van der Waals surface area contributed by atoms with Crippen molar-refractivity contribution in [2.24, 2.45) is 0 Å². The van der Waals surface area contributed by atoms with Crippen molar-refractivity contribution in [3.05, 3.63) is 42.0 Å². The molecule has 0 fully saturated rings. The smallest absolute Gasteiger partial charge is 0.257 e. The van der Waals surface area contributed by atoms with Crippen molar-refractivity contribution in [3.63, 3.8) is 0 Å². The Kier molecular flexibility index (Phi) is 4.05. The van der Waals surface area contributed by atoms with E-state index < -0.39 is 0 Å². The molecule has 1 N–H and O–H groups in total. The number of benzene rings is 2. The lowest BCUT2D eigenvalue weighted by Crippen LogP contribution is -2.27. The number of hydrogen-bond donors (Lipinski definition) is 1. The lowest BCUT2D eigenvalue weighted by molar-refractivity contribution is 0.0790. The van der Waals surface area contributed by atoms with Gasteiger partial charge >= 0.3 is 0 Å². The van der Waals surface area contributed by atoms with Gasteiger partial charge in [0.1, 0.15) is 5.75 Å². The summed E-state index contributed by atoms with van der Waals surface area (Å²) in [4.78, 5) is 13.9. The minimum absolute atomic E-state index is 0.0482. The molecule has 0 atom stereocenters. The summed E-state index contributed by atoms with van der Waals surface area (Å²) in [6, 6.07) is 11.1. The highest BCUT2D eigenvalue weighted by Gasteiger charge is 2.16. The van der Waals surface area contributed by atoms with Crippen LogP contribution in [-0.4, -0.2) is 29.5 Å². The third-order valence-corrected chi connectivity index (χ3v) is 3.29. The lowest BCUT2D eigenvalue weighted by Gasteiger charge is -2.17. The molecule has 0 bridgehead atoms. The topological polar surface area (TPSA) is 40.5 Å². The van der Waals surface area contributed by atoms with Gasteiger partial charge < -0.3 is 10.0 Å². The van der Waals surface area contributed by atoms with Crippen molar-refractivity contribution >= 4 is 16.7 Å². The molecule has 0 aliphatic carbocycles. The zero-order valence-corrected chi connectivity index (χ0v) is 11.4. The van der Waals surface area contributed by atoms with Gasteiger partial charge in [0.25, 0.3) is 5.91 Å². The van der Waals surface area contributed by atoms with Gasteiger partial charge in [0, 0.05) is 13.6 Å². The molecule has 0 unspecified atom stereocenters. The van der Waals surface area contributed by atoms with Gasteiger partial charge in [0.2, 0.25) is 0 Å². The van der Waals surface area contributed by atoms with Crippen molar-refractivity contribution in [1.29, 1.82) is 0 Å². The highest BCUT2D eigenvalue weighted by atomic mass is 16.3. The largest absolute Gasteiger partial charge is 0.507 e. The first-order chi connectivity index (χ1) is 9.13. The third-order valence-electron chi connectivity index (χ3n) is 3.29. The maximum Gasteiger partial charge on any atom is 0.257 e. The first-order valence-electron chi connectivity index (χ1n) is 6.60. The van der Waals surface area contributed by atoms with Gasteiger partial charge in [-0.25, -0.2) is 0 Å². The normalized spacial score (nSPS) is 10.6. The van der Waals surface area contributed by atoms with E-state index in [2.05, 4.69) is 6.92 Å². The number of rotatable bonds is 4. The highest BCUT2D eigenvalue weighted by molar-refractivity contribution is 6.01. The van der Waals surface area contributed by atoms with E-state index in [1.54, 1.807) is 24.1 Å². The number of unbranched alkanes of at least 4 members (excludes halogenated alkanes) is 1. The number of fused-ring (bicyclic) bond motifs is 1. The van der Waals surface area contributed by atoms with E-state index >= 15 is 0 Å². The minimum atomic E-state index is -0.128. The lowest BCUT2D eigenvalue weighted by atomic mass is 10.0. The Balaban J connectivity index is 2.33. The molecule has 3 nitrogen and oxygen atoms in total. The summed E-state index contributed by atoms with van der Waals surface area (Å²) in [6.45, 7) is 2.80. The van der Waals surface area contributed by atoms with Gasteiger partial charge in [0.15, 0.2) is 0 Å². The molecule has 1 amide bonds. The Morgan fingerprint density at radius 1 is 1.21 bits per heavy atom. The van der Waals surface area contributed by atoms with Crippen molar-refractivity contribution in [2.45, 2.75) is 19.8 Å². The monoisotopic (exact) mass is 257 g/mol. The summed E-state index contributed by atoms with van der Waals surface area (Å²) in [5, 5.41) is 11.9. The molecule has 2 rings (SSSR count). The molecule has 3 heteroatoms. The third kappa shape index (κ3) is 2.87. The number of carbonyl (C=O) groups is 1. The molecule has 0 aliphatic heterocycles. The summed E-state index contributed by atoms with van der Waals surface area (Å²) in [5.41, 5.74) is 0.373. The van der Waals surface area contributed by atoms with Crippen LogP contribution in [0, 0.1) is 0 Å². The predicted molar refractivity (Wildman–Crippen MR) is 77.5 cm³/mol. The standard InChI is InChI=1S/C16H19NO2/c1-3-4-9-17(2)16(19)14-10-12-7-5-6-8-13(12)11-15(14)18/h5-8,10-11,18H,3-4,9H2,1-2H3. The van der Waals surface area contributed by atoms with Crippen LogP contribution in [0.5, 0.6) is 5.75 Å². The molecule has 2 aromatic rings. The molecular weight excluding hydrogens is 238 g/mol. The van der Waals surface area contributed by atoms with E-state index in [0.29, 0.717) is 12.1 Å². The number of phenolic OH excluding ortho intramolecular Hbond substituents is 1. The van der Waals surface area contributed by atoms with Crippen molar-refractivity contribution < 1.29 is 9.90 Å². The van der Waals surface area contributed by atoms with Crippen LogP contribution in [0.1, 0.15) is 30.1 Å². The number of aromatic hydroxyl groups is 1. The average molecular weight is 257 g/mol. The first-order valence-corrected chi connectivity index (χ1v) is 6.60. The van der Waals surface area contributed by atoms with Crippen LogP contribution in [0.4, 0.5) is 0 Å². The second-order valence-corrected chi connectivity index (χ2v) is 4.80. The van der Waals surface area contributed by atoms with Crippen LogP contribution in [0.3, 0.4) is 0 Å². The van der Waals surface area contributed by atoms with Crippen molar-refractivity contribution in [3.8, 4) is 5.75 Å². The molecule has 0 saturated heterocycles. The number of carbonyl (C=O) groups excluding carboxylic acids is 1. The van der Waals surface area contributed by atoms with E-state index in [1.165, 1.54) is 0 Å². The minimum Gasteiger partial charge on any atom is -0.507 e. The zero-order chi connectivity index (χ0) is 13.8. The maximum absolute atomic E-state index is 12.3. The van der Waals surface area contributed by atoms with Gasteiger partial charge in [-0.2, -0.15) is 0 Å². The Labute approximate surface area is 113 Å². The number of nitrogens with zero attached hydrogens (tertiary/aromatic N) is 1. The average Bonchev–Trinajstić information content (AvgIpc) is 2.43. The maximum atomic E-state index is 12.3. The SMILES string of the molecule is CCCCN(C)C(=O)c1cc2ccccc2cc1O. The number of phenols is 1. The molecule has 2 aromatic carbocycles. The summed E-state index contributed by atoms with van der Waals surface area (Å²) in [6.07, 6.45) is 2.01. The van der Waals surface area contributed by atoms with Crippen LogP contribution >= 0.6 is 0 Å². The Bertz CT molecular complexity index is 592. The molecule has 19 heavy (non-hydrogen) atoms. The van der Waals surface area contributed by atoms with Crippen LogP contribution < -0.4 is 0 Å². The van der Waals surface area contributed by atoms with Gasteiger partial charge in [-0.1, -0.05) is 37.6 Å². The number of hydrogen-bond acceptors (Lipinski definition) is 2. The van der Waals surface area contributed by atoms with Crippen LogP contribution in [-0.2, 0) is 0 Å². The van der Waals surface area contributed by atoms with Crippen LogP contribution in [0.15, 0.2) is 36.4 Å². The van der Waals surface area contributed by atoms with Gasteiger partial charge in [-0.3, -0.25) is 4.79 Å². The van der Waals surface area contributed by atoms with E-state index in [4.69, 9.17) is 0 Å². The van der Waals surface area contributed by atoms with E-state index in [1.807, 2.05) is 24.3 Å². The quantitative estimate of drug-likeness (QED) is 0.911. The van der Waals surface area contributed by atoms with Gasteiger partial charge in [0.05, 0.1) is 5.56 Å². The Hall–Kier alpha value is -2.03. The summed E-state index contributed by atoms with van der Waals surface area (Å²) in [7, 11) is 1.77. The Morgan fingerprint density at radius 2 is 1.84 bits per heavy atom. The van der Waals surface area contributed by atoms with E-state index in [-0.39, 0.29) is 11.7 Å². The zero-order valence-electron chi connectivity index (χ0n) is 11.4. The molecule has 0 heterocycles. The number of amides is 1. The second kappa shape index (κ2) is 5.74. The van der Waals surface area contributed by atoms with E-state index in [9.17, 15) is 9.90 Å². The van der Waals surface area contributed by atoms with Crippen LogP contribution in [0.25, 0.3) is 10.8 Å². The molecule has 100 valence electrons. The van der Waals surface area contributed by atoms with Crippen molar-refractivity contribution in [1.82, 2.24) is 4.90 Å². The molecular formula is C16H19NO2. The van der Waals surface area contributed by atoms with Crippen LogP contribution in [0.2, 0.25) is 0 Å². The molecule has 0 radical (unpaired) electrons. The summed E-state index contributed by atoms with van der Waals surface area (Å²) < 4.78 is 0. The molecule has 0 aromatic heterocycles. The fourth-order valence-electron chi connectivity index (χ4n) is 2.10. The predicted octanol–water partition coefficient (Wildman–Crippen LogP) is 3.42. The second-order valence-electron chi connectivity index (χ2n) is 4.80. The molecule has 0 aliphatic rings. The van der Waals surface area contributed by atoms with Gasteiger partial charge in [-0.15, -0.1) is 0 Å². The highest BCUT2D eigenvalue weighted by Crippen LogP contribution is 2.25. The Morgan fingerprint density at radius 3 is 2.47 bits per heavy atom. The fourth-order valence-corrected chi connectivity index (χ4v) is 2.10. The van der Waals surface area contributed by atoms with E-state index in [0.717, 1.165) is 23.6 Å². The summed E-state index contributed by atoms with van der Waals surface area (Å²) >= 11 is 0.